The molecule has 0 saturated heterocycles. The van der Waals surface area contributed by atoms with E-state index in [1.807, 2.05) is 6.92 Å². The smallest absolute Gasteiger partial charge is 0.263 e. The van der Waals surface area contributed by atoms with E-state index in [9.17, 15) is 4.79 Å². The van der Waals surface area contributed by atoms with Gasteiger partial charge in [0.05, 0.1) is 7.11 Å². The fourth-order valence-corrected chi connectivity index (χ4v) is 3.02. The first-order valence-electron chi connectivity index (χ1n) is 7.63. The van der Waals surface area contributed by atoms with Crippen molar-refractivity contribution in [3.05, 3.63) is 4.88 Å². The Hall–Kier alpha value is -1.43. The summed E-state index contributed by atoms with van der Waals surface area (Å²) >= 11 is 1.36. The van der Waals surface area contributed by atoms with Crippen LogP contribution in [0, 0.1) is 0 Å². The number of ether oxygens (including phenoxy) is 1. The third-order valence-electron chi connectivity index (χ3n) is 3.16. The van der Waals surface area contributed by atoms with Crippen LogP contribution in [0.1, 0.15) is 55.6 Å². The van der Waals surface area contributed by atoms with E-state index in [1.165, 1.54) is 30.6 Å². The lowest BCUT2D eigenvalue weighted by molar-refractivity contribution is 0.0958. The fraction of sp³-hybridized carbons (Fsp3) is 0.667. The van der Waals surface area contributed by atoms with Crippen molar-refractivity contribution in [1.29, 1.82) is 0 Å². The second-order valence-electron chi connectivity index (χ2n) is 4.95. The van der Waals surface area contributed by atoms with Crippen molar-refractivity contribution < 1.29 is 9.53 Å². The van der Waals surface area contributed by atoms with Gasteiger partial charge in [-0.05, 0) is 12.8 Å². The number of rotatable bonds is 10. The Morgan fingerprint density at radius 1 is 1.19 bits per heavy atom. The largest absolute Gasteiger partial charge is 0.492 e. The lowest BCUT2D eigenvalue weighted by Crippen LogP contribution is -2.23. The first-order chi connectivity index (χ1) is 10.2. The standard InChI is InChI=1S/C15H27N3O2S/c1-4-6-7-8-10-18-15-12(20-3)11(16)13(21-15)14(19)17-9-5-2/h18H,4-10,16H2,1-3H3,(H,17,19). The average molecular weight is 313 g/mol. The maximum Gasteiger partial charge on any atom is 0.263 e. The van der Waals surface area contributed by atoms with Gasteiger partial charge in [0.2, 0.25) is 0 Å². The van der Waals surface area contributed by atoms with Crippen molar-refractivity contribution in [2.75, 3.05) is 31.2 Å². The summed E-state index contributed by atoms with van der Waals surface area (Å²) in [6.07, 6.45) is 5.67. The van der Waals surface area contributed by atoms with Crippen molar-refractivity contribution >= 4 is 27.9 Å². The molecule has 0 aliphatic heterocycles. The minimum atomic E-state index is -0.128. The number of hydrogen-bond donors (Lipinski definition) is 3. The van der Waals surface area contributed by atoms with Gasteiger partial charge >= 0.3 is 0 Å². The van der Waals surface area contributed by atoms with E-state index in [2.05, 4.69) is 17.6 Å². The van der Waals surface area contributed by atoms with Gasteiger partial charge in [-0.25, -0.2) is 0 Å². The van der Waals surface area contributed by atoms with Crippen molar-refractivity contribution in [2.45, 2.75) is 46.0 Å². The van der Waals surface area contributed by atoms with Crippen LogP contribution in [-0.4, -0.2) is 26.1 Å². The fourth-order valence-electron chi connectivity index (χ4n) is 1.99. The van der Waals surface area contributed by atoms with Gasteiger partial charge in [-0.2, -0.15) is 0 Å². The van der Waals surface area contributed by atoms with Crippen molar-refractivity contribution in [3.63, 3.8) is 0 Å². The average Bonchev–Trinajstić information content (AvgIpc) is 2.80. The Labute approximate surface area is 131 Å². The van der Waals surface area contributed by atoms with Gasteiger partial charge in [0.1, 0.15) is 15.6 Å². The topological polar surface area (TPSA) is 76.4 Å². The van der Waals surface area contributed by atoms with Gasteiger partial charge in [0.15, 0.2) is 5.75 Å². The molecule has 21 heavy (non-hydrogen) atoms. The molecule has 0 radical (unpaired) electrons. The Bertz CT molecular complexity index is 446. The molecule has 4 N–H and O–H groups in total. The van der Waals surface area contributed by atoms with Crippen molar-refractivity contribution in [1.82, 2.24) is 5.32 Å². The molecular weight excluding hydrogens is 286 g/mol. The van der Waals surface area contributed by atoms with Crippen LogP contribution in [-0.2, 0) is 0 Å². The number of anilines is 2. The number of hydrogen-bond acceptors (Lipinski definition) is 5. The summed E-state index contributed by atoms with van der Waals surface area (Å²) in [5.74, 6) is 0.453. The molecule has 0 unspecified atom stereocenters. The molecule has 1 rings (SSSR count). The zero-order chi connectivity index (χ0) is 15.7. The highest BCUT2D eigenvalue weighted by atomic mass is 32.1. The molecule has 6 heteroatoms. The summed E-state index contributed by atoms with van der Waals surface area (Å²) in [5.41, 5.74) is 6.45. The second kappa shape index (κ2) is 9.50. The van der Waals surface area contributed by atoms with Crippen LogP contribution in [0.5, 0.6) is 5.75 Å². The lowest BCUT2D eigenvalue weighted by Gasteiger charge is -2.06. The highest BCUT2D eigenvalue weighted by molar-refractivity contribution is 7.19. The SMILES string of the molecule is CCCCCCNc1sc(C(=O)NCCC)c(N)c1OC. The first-order valence-corrected chi connectivity index (χ1v) is 8.45. The molecule has 5 nitrogen and oxygen atoms in total. The molecule has 120 valence electrons. The first kappa shape index (κ1) is 17.6. The predicted octanol–water partition coefficient (Wildman–Crippen LogP) is 3.47. The van der Waals surface area contributed by atoms with E-state index in [4.69, 9.17) is 10.5 Å². The van der Waals surface area contributed by atoms with Crippen LogP contribution in [0.2, 0.25) is 0 Å². The van der Waals surface area contributed by atoms with E-state index in [0.29, 0.717) is 22.9 Å². The molecule has 0 aliphatic rings. The normalized spacial score (nSPS) is 10.4. The second-order valence-corrected chi connectivity index (χ2v) is 5.97. The summed E-state index contributed by atoms with van der Waals surface area (Å²) < 4.78 is 5.33. The van der Waals surface area contributed by atoms with Gasteiger partial charge in [-0.3, -0.25) is 4.79 Å². The number of methoxy groups -OCH3 is 1. The van der Waals surface area contributed by atoms with Crippen molar-refractivity contribution in [2.24, 2.45) is 0 Å². The molecule has 0 spiro atoms. The Morgan fingerprint density at radius 3 is 2.57 bits per heavy atom. The summed E-state index contributed by atoms with van der Waals surface area (Å²) in [4.78, 5) is 12.6. The maximum atomic E-state index is 12.1. The number of amides is 1. The Morgan fingerprint density at radius 2 is 1.95 bits per heavy atom. The van der Waals surface area contributed by atoms with E-state index in [1.54, 1.807) is 7.11 Å². The lowest BCUT2D eigenvalue weighted by atomic mass is 10.2. The zero-order valence-electron chi connectivity index (χ0n) is 13.3. The van der Waals surface area contributed by atoms with Gasteiger partial charge in [-0.15, -0.1) is 11.3 Å². The van der Waals surface area contributed by atoms with Gasteiger partial charge < -0.3 is 21.1 Å². The van der Waals surface area contributed by atoms with E-state index in [0.717, 1.165) is 24.4 Å². The quantitative estimate of drug-likeness (QED) is 0.578. The molecule has 0 fully saturated rings. The number of carbonyl (C=O) groups is 1. The predicted molar refractivity (Wildman–Crippen MR) is 90.5 cm³/mol. The third-order valence-corrected chi connectivity index (χ3v) is 4.30. The summed E-state index contributed by atoms with van der Waals surface area (Å²) in [5, 5.41) is 7.02. The van der Waals surface area contributed by atoms with E-state index in [-0.39, 0.29) is 5.91 Å². The number of carbonyl (C=O) groups excluding carboxylic acids is 1. The van der Waals surface area contributed by atoms with Crippen LogP contribution in [0.25, 0.3) is 0 Å². The van der Waals surface area contributed by atoms with E-state index >= 15 is 0 Å². The number of nitrogen functional groups attached to an aromatic ring is 1. The number of unbranched alkanes of at least 4 members (excludes halogenated alkanes) is 3. The molecule has 0 atom stereocenters. The highest BCUT2D eigenvalue weighted by Gasteiger charge is 2.21. The van der Waals surface area contributed by atoms with Crippen LogP contribution < -0.4 is 21.1 Å². The third kappa shape index (κ3) is 5.12. The molecule has 0 saturated carbocycles. The van der Waals surface area contributed by atoms with Gasteiger partial charge in [0, 0.05) is 13.1 Å². The minimum Gasteiger partial charge on any atom is -0.492 e. The summed E-state index contributed by atoms with van der Waals surface area (Å²) in [7, 11) is 1.58. The monoisotopic (exact) mass is 313 g/mol. The van der Waals surface area contributed by atoms with Crippen LogP contribution >= 0.6 is 11.3 Å². The summed E-state index contributed by atoms with van der Waals surface area (Å²) in [6, 6.07) is 0. The maximum absolute atomic E-state index is 12.1. The molecule has 1 aromatic rings. The number of nitrogens with two attached hydrogens (primary N) is 1. The molecular formula is C15H27N3O2S. The highest BCUT2D eigenvalue weighted by Crippen LogP contribution is 2.42. The van der Waals surface area contributed by atoms with Crippen LogP contribution in [0.3, 0.4) is 0 Å². The van der Waals surface area contributed by atoms with E-state index < -0.39 is 0 Å². The zero-order valence-corrected chi connectivity index (χ0v) is 14.1. The minimum absolute atomic E-state index is 0.128. The van der Waals surface area contributed by atoms with Crippen molar-refractivity contribution in [3.8, 4) is 5.75 Å². The summed E-state index contributed by atoms with van der Waals surface area (Å²) in [6.45, 7) is 5.73. The molecule has 1 amide bonds. The number of thiophene rings is 1. The molecule has 0 bridgehead atoms. The van der Waals surface area contributed by atoms with Crippen LogP contribution in [0.4, 0.5) is 10.7 Å². The van der Waals surface area contributed by atoms with Gasteiger partial charge in [-0.1, -0.05) is 33.1 Å². The Kier molecular flexibility index (Phi) is 7.97. The molecule has 1 heterocycles. The number of nitrogens with one attached hydrogen (secondary N) is 2. The molecule has 1 aromatic heterocycles. The Balaban J connectivity index is 2.68. The van der Waals surface area contributed by atoms with Crippen LogP contribution in [0.15, 0.2) is 0 Å². The molecule has 0 aliphatic carbocycles. The van der Waals surface area contributed by atoms with Gasteiger partial charge in [0.25, 0.3) is 5.91 Å². The molecule has 0 aromatic carbocycles.